The summed E-state index contributed by atoms with van der Waals surface area (Å²) in [6.45, 7) is 4.67. The summed E-state index contributed by atoms with van der Waals surface area (Å²) >= 11 is 0. The maximum absolute atomic E-state index is 11.0. The minimum atomic E-state index is 0.166. The Bertz CT molecular complexity index is 364. The topological polar surface area (TPSA) is 59.0 Å². The third-order valence-corrected chi connectivity index (χ3v) is 3.08. The summed E-state index contributed by atoms with van der Waals surface area (Å²) in [7, 11) is 0. The van der Waals surface area contributed by atoms with Gasteiger partial charge in [0.2, 0.25) is 5.91 Å². The number of carbonyl (C=O) groups excluding carboxylic acids is 1. The Labute approximate surface area is 102 Å². The summed E-state index contributed by atoms with van der Waals surface area (Å²) < 4.78 is 2.04. The maximum atomic E-state index is 11.0. The van der Waals surface area contributed by atoms with Crippen molar-refractivity contribution in [2.45, 2.75) is 45.3 Å². The SMILES string of the molecule is CCCn1nccc1CNC1CCC(=O)NC1. The summed E-state index contributed by atoms with van der Waals surface area (Å²) in [4.78, 5) is 11.0. The van der Waals surface area contributed by atoms with Gasteiger partial charge in [0.25, 0.3) is 0 Å². The monoisotopic (exact) mass is 236 g/mol. The van der Waals surface area contributed by atoms with E-state index in [1.165, 1.54) is 5.69 Å². The molecule has 0 spiro atoms. The van der Waals surface area contributed by atoms with E-state index in [2.05, 4.69) is 22.7 Å². The number of aromatic nitrogens is 2. The summed E-state index contributed by atoms with van der Waals surface area (Å²) in [5.41, 5.74) is 1.21. The van der Waals surface area contributed by atoms with Crippen LogP contribution < -0.4 is 10.6 Å². The van der Waals surface area contributed by atoms with Gasteiger partial charge in [-0.15, -0.1) is 0 Å². The van der Waals surface area contributed by atoms with Crippen LogP contribution in [0.15, 0.2) is 12.3 Å². The predicted octanol–water partition coefficient (Wildman–Crippen LogP) is 0.661. The fourth-order valence-electron chi connectivity index (χ4n) is 2.08. The lowest BCUT2D eigenvalue weighted by Gasteiger charge is -2.23. The minimum absolute atomic E-state index is 0.166. The molecular formula is C12H20N4O. The van der Waals surface area contributed by atoms with E-state index in [1.807, 2.05) is 16.9 Å². The Morgan fingerprint density at radius 2 is 2.53 bits per heavy atom. The average Bonchev–Trinajstić information content (AvgIpc) is 2.77. The molecule has 1 aliphatic heterocycles. The van der Waals surface area contributed by atoms with Gasteiger partial charge >= 0.3 is 0 Å². The van der Waals surface area contributed by atoms with Crippen molar-refractivity contribution < 1.29 is 4.79 Å². The van der Waals surface area contributed by atoms with Gasteiger partial charge in [0.05, 0.1) is 5.69 Å². The van der Waals surface area contributed by atoms with Crippen molar-refractivity contribution in [3.05, 3.63) is 18.0 Å². The highest BCUT2D eigenvalue weighted by Crippen LogP contribution is 2.05. The molecule has 0 saturated carbocycles. The van der Waals surface area contributed by atoms with E-state index in [-0.39, 0.29) is 5.91 Å². The number of piperidine rings is 1. The fourth-order valence-corrected chi connectivity index (χ4v) is 2.08. The summed E-state index contributed by atoms with van der Waals surface area (Å²) in [6, 6.07) is 2.43. The van der Waals surface area contributed by atoms with Crippen LogP contribution in [0.3, 0.4) is 0 Å². The Morgan fingerprint density at radius 3 is 3.24 bits per heavy atom. The van der Waals surface area contributed by atoms with Crippen LogP contribution in [0, 0.1) is 0 Å². The molecule has 1 saturated heterocycles. The lowest BCUT2D eigenvalue weighted by molar-refractivity contribution is -0.122. The van der Waals surface area contributed by atoms with Crippen LogP contribution in [-0.2, 0) is 17.9 Å². The van der Waals surface area contributed by atoms with Crippen LogP contribution in [0.25, 0.3) is 0 Å². The Morgan fingerprint density at radius 1 is 1.65 bits per heavy atom. The Kier molecular flexibility index (Phi) is 4.14. The van der Waals surface area contributed by atoms with Crippen LogP contribution in [0.4, 0.5) is 0 Å². The molecular weight excluding hydrogens is 216 g/mol. The Hall–Kier alpha value is -1.36. The second-order valence-electron chi connectivity index (χ2n) is 4.47. The van der Waals surface area contributed by atoms with Crippen LogP contribution in [0.1, 0.15) is 31.9 Å². The van der Waals surface area contributed by atoms with Gasteiger partial charge in [0.15, 0.2) is 0 Å². The van der Waals surface area contributed by atoms with Crippen molar-refractivity contribution >= 4 is 5.91 Å². The van der Waals surface area contributed by atoms with Crippen molar-refractivity contribution in [3.8, 4) is 0 Å². The number of carbonyl (C=O) groups is 1. The smallest absolute Gasteiger partial charge is 0.220 e. The molecule has 1 aliphatic rings. The first kappa shape index (κ1) is 12.1. The molecule has 1 atom stereocenters. The second-order valence-corrected chi connectivity index (χ2v) is 4.47. The molecule has 2 heterocycles. The van der Waals surface area contributed by atoms with Gasteiger partial charge in [-0.25, -0.2) is 0 Å². The number of aryl methyl sites for hydroxylation is 1. The van der Waals surface area contributed by atoms with Gasteiger partial charge in [-0.05, 0) is 18.9 Å². The highest BCUT2D eigenvalue weighted by Gasteiger charge is 2.17. The molecule has 94 valence electrons. The Balaban J connectivity index is 1.81. The van der Waals surface area contributed by atoms with Crippen molar-refractivity contribution in [1.82, 2.24) is 20.4 Å². The molecule has 1 amide bonds. The van der Waals surface area contributed by atoms with Crippen molar-refractivity contribution in [3.63, 3.8) is 0 Å². The number of nitrogens with one attached hydrogen (secondary N) is 2. The van der Waals surface area contributed by atoms with Gasteiger partial charge in [0, 0.05) is 38.3 Å². The molecule has 2 rings (SSSR count). The van der Waals surface area contributed by atoms with Gasteiger partial charge in [-0.1, -0.05) is 6.92 Å². The minimum Gasteiger partial charge on any atom is -0.355 e. The lowest BCUT2D eigenvalue weighted by atomic mass is 10.1. The highest BCUT2D eigenvalue weighted by molar-refractivity contribution is 5.76. The van der Waals surface area contributed by atoms with E-state index in [9.17, 15) is 4.79 Å². The molecule has 1 fully saturated rings. The molecule has 0 bridgehead atoms. The average molecular weight is 236 g/mol. The van der Waals surface area contributed by atoms with E-state index < -0.39 is 0 Å². The summed E-state index contributed by atoms with van der Waals surface area (Å²) in [5, 5.41) is 10.6. The molecule has 0 aromatic carbocycles. The normalized spacial score (nSPS) is 20.3. The number of nitrogens with zero attached hydrogens (tertiary/aromatic N) is 2. The molecule has 1 unspecified atom stereocenters. The van der Waals surface area contributed by atoms with Crippen LogP contribution in [0.2, 0.25) is 0 Å². The van der Waals surface area contributed by atoms with Crippen LogP contribution >= 0.6 is 0 Å². The number of hydrogen-bond donors (Lipinski definition) is 2. The molecule has 5 nitrogen and oxygen atoms in total. The predicted molar refractivity (Wildman–Crippen MR) is 65.4 cm³/mol. The first-order chi connectivity index (χ1) is 8.29. The number of rotatable bonds is 5. The molecule has 0 aliphatic carbocycles. The second kappa shape index (κ2) is 5.82. The van der Waals surface area contributed by atoms with E-state index in [0.717, 1.165) is 32.5 Å². The zero-order valence-electron chi connectivity index (χ0n) is 10.3. The standard InChI is InChI=1S/C12H20N4O/c1-2-7-16-11(5-6-15-16)9-13-10-3-4-12(17)14-8-10/h5-6,10,13H,2-4,7-9H2,1H3,(H,14,17). The molecule has 5 heteroatoms. The molecule has 2 N–H and O–H groups in total. The zero-order chi connectivity index (χ0) is 12.1. The maximum Gasteiger partial charge on any atom is 0.220 e. The molecule has 0 radical (unpaired) electrons. The van der Waals surface area contributed by atoms with E-state index >= 15 is 0 Å². The largest absolute Gasteiger partial charge is 0.355 e. The quantitative estimate of drug-likeness (QED) is 0.789. The van der Waals surface area contributed by atoms with Crippen LogP contribution in [0.5, 0.6) is 0 Å². The third-order valence-electron chi connectivity index (χ3n) is 3.08. The van der Waals surface area contributed by atoms with Gasteiger partial charge in [0.1, 0.15) is 0 Å². The molecule has 17 heavy (non-hydrogen) atoms. The van der Waals surface area contributed by atoms with E-state index in [1.54, 1.807) is 0 Å². The first-order valence-electron chi connectivity index (χ1n) is 6.30. The van der Waals surface area contributed by atoms with Crippen molar-refractivity contribution in [1.29, 1.82) is 0 Å². The first-order valence-corrected chi connectivity index (χ1v) is 6.30. The summed E-state index contributed by atoms with van der Waals surface area (Å²) in [5.74, 6) is 0.166. The highest BCUT2D eigenvalue weighted by atomic mass is 16.1. The van der Waals surface area contributed by atoms with Gasteiger partial charge in [-0.3, -0.25) is 9.48 Å². The van der Waals surface area contributed by atoms with Crippen molar-refractivity contribution in [2.75, 3.05) is 6.54 Å². The zero-order valence-corrected chi connectivity index (χ0v) is 10.3. The number of hydrogen-bond acceptors (Lipinski definition) is 3. The molecule has 1 aromatic rings. The van der Waals surface area contributed by atoms with Crippen molar-refractivity contribution in [2.24, 2.45) is 0 Å². The van der Waals surface area contributed by atoms with Gasteiger partial charge < -0.3 is 10.6 Å². The van der Waals surface area contributed by atoms with E-state index in [0.29, 0.717) is 12.5 Å². The third kappa shape index (κ3) is 3.30. The van der Waals surface area contributed by atoms with Gasteiger partial charge in [-0.2, -0.15) is 5.10 Å². The lowest BCUT2D eigenvalue weighted by Crippen LogP contribution is -2.45. The van der Waals surface area contributed by atoms with E-state index in [4.69, 9.17) is 0 Å². The summed E-state index contributed by atoms with van der Waals surface area (Å²) in [6.07, 6.45) is 4.49. The van der Waals surface area contributed by atoms with Crippen LogP contribution in [-0.4, -0.2) is 28.3 Å². The molecule has 1 aromatic heterocycles. The number of amides is 1. The fraction of sp³-hybridized carbons (Fsp3) is 0.667.